The molecule has 1 aromatic heterocycles. The van der Waals surface area contributed by atoms with E-state index in [1.54, 1.807) is 17.1 Å². The number of aromatic nitrogens is 2. The van der Waals surface area contributed by atoms with Crippen LogP contribution in [0.1, 0.15) is 13.8 Å². The van der Waals surface area contributed by atoms with Crippen molar-refractivity contribution in [1.82, 2.24) is 9.78 Å². The van der Waals surface area contributed by atoms with E-state index in [9.17, 15) is 4.79 Å². The average Bonchev–Trinajstić information content (AvgIpc) is 2.77. The van der Waals surface area contributed by atoms with Gasteiger partial charge in [0.1, 0.15) is 0 Å². The molecule has 0 unspecified atom stereocenters. The van der Waals surface area contributed by atoms with Gasteiger partial charge in [-0.25, -0.2) is 4.68 Å². The largest absolute Gasteiger partial charge is 0.323 e. The van der Waals surface area contributed by atoms with E-state index in [1.165, 1.54) is 0 Å². The van der Waals surface area contributed by atoms with Crippen LogP contribution in [0.3, 0.4) is 0 Å². The molecule has 4 nitrogen and oxygen atoms in total. The predicted octanol–water partition coefficient (Wildman–Crippen LogP) is 3.23. The average molecular weight is 308 g/mol. The zero-order chi connectivity index (χ0) is 13.1. The van der Waals surface area contributed by atoms with Gasteiger partial charge in [-0.2, -0.15) is 5.10 Å². The quantitative estimate of drug-likeness (QED) is 0.946. The summed E-state index contributed by atoms with van der Waals surface area (Å²) in [4.78, 5) is 11.6. The first kappa shape index (κ1) is 12.8. The van der Waals surface area contributed by atoms with Gasteiger partial charge < -0.3 is 5.32 Å². The maximum absolute atomic E-state index is 11.6. The summed E-state index contributed by atoms with van der Waals surface area (Å²) in [5, 5.41) is 7.03. The second-order valence-electron chi connectivity index (χ2n) is 4.30. The molecule has 0 spiro atoms. The maximum atomic E-state index is 11.6. The predicted molar refractivity (Wildman–Crippen MR) is 74.7 cm³/mol. The third kappa shape index (κ3) is 2.98. The number of rotatable bonds is 3. The Balaban J connectivity index is 2.18. The van der Waals surface area contributed by atoms with Gasteiger partial charge in [0.25, 0.3) is 0 Å². The molecule has 1 aromatic carbocycles. The number of amides is 1. The number of benzene rings is 1. The Morgan fingerprint density at radius 1 is 1.44 bits per heavy atom. The van der Waals surface area contributed by atoms with E-state index in [-0.39, 0.29) is 11.8 Å². The monoisotopic (exact) mass is 307 g/mol. The minimum Gasteiger partial charge on any atom is -0.323 e. The summed E-state index contributed by atoms with van der Waals surface area (Å²) in [6.45, 7) is 3.71. The molecule has 94 valence electrons. The Hall–Kier alpha value is -1.62. The van der Waals surface area contributed by atoms with Crippen LogP contribution in [0, 0.1) is 5.92 Å². The van der Waals surface area contributed by atoms with Crippen molar-refractivity contribution in [1.29, 1.82) is 0 Å². The summed E-state index contributed by atoms with van der Waals surface area (Å²) >= 11 is 3.41. The number of hydrogen-bond acceptors (Lipinski definition) is 2. The molecule has 2 aromatic rings. The fourth-order valence-electron chi connectivity index (χ4n) is 1.43. The van der Waals surface area contributed by atoms with Gasteiger partial charge in [-0.1, -0.05) is 35.8 Å². The molecule has 5 heteroatoms. The zero-order valence-corrected chi connectivity index (χ0v) is 11.8. The van der Waals surface area contributed by atoms with Crippen LogP contribution in [0.5, 0.6) is 0 Å². The van der Waals surface area contributed by atoms with Crippen LogP contribution in [-0.2, 0) is 4.79 Å². The van der Waals surface area contributed by atoms with Crippen molar-refractivity contribution in [3.8, 4) is 5.69 Å². The zero-order valence-electron chi connectivity index (χ0n) is 10.2. The van der Waals surface area contributed by atoms with Crippen molar-refractivity contribution in [2.45, 2.75) is 13.8 Å². The van der Waals surface area contributed by atoms with Crippen molar-refractivity contribution < 1.29 is 4.79 Å². The lowest BCUT2D eigenvalue weighted by molar-refractivity contribution is -0.118. The molecule has 0 aliphatic rings. The van der Waals surface area contributed by atoms with E-state index in [4.69, 9.17) is 0 Å². The molecule has 1 N–H and O–H groups in total. The maximum Gasteiger partial charge on any atom is 0.227 e. The Kier molecular flexibility index (Phi) is 3.81. The molecule has 0 aliphatic carbocycles. The van der Waals surface area contributed by atoms with E-state index >= 15 is 0 Å². The van der Waals surface area contributed by atoms with Gasteiger partial charge in [-0.15, -0.1) is 0 Å². The van der Waals surface area contributed by atoms with E-state index < -0.39 is 0 Å². The molecule has 18 heavy (non-hydrogen) atoms. The van der Waals surface area contributed by atoms with Crippen LogP contribution in [0.25, 0.3) is 5.69 Å². The SMILES string of the molecule is CC(C)C(=O)Nc1cnn(-c2cccc(Br)c2)c1. The Bertz CT molecular complexity index is 563. The number of carbonyl (C=O) groups excluding carboxylic acids is 1. The number of nitrogens with one attached hydrogen (secondary N) is 1. The first-order chi connectivity index (χ1) is 8.56. The van der Waals surface area contributed by atoms with Crippen molar-refractivity contribution >= 4 is 27.5 Å². The van der Waals surface area contributed by atoms with Gasteiger partial charge in [0.2, 0.25) is 5.91 Å². The highest BCUT2D eigenvalue weighted by Crippen LogP contribution is 2.16. The summed E-state index contributed by atoms with van der Waals surface area (Å²) in [6, 6.07) is 7.80. The molecule has 0 saturated carbocycles. The van der Waals surface area contributed by atoms with Crippen molar-refractivity contribution in [3.05, 3.63) is 41.1 Å². The molecule has 0 atom stereocenters. The lowest BCUT2D eigenvalue weighted by Crippen LogP contribution is -2.17. The fourth-order valence-corrected chi connectivity index (χ4v) is 1.82. The molecule has 1 amide bonds. The molecule has 0 radical (unpaired) electrons. The number of carbonyl (C=O) groups is 1. The topological polar surface area (TPSA) is 46.9 Å². The first-order valence-electron chi connectivity index (χ1n) is 5.68. The first-order valence-corrected chi connectivity index (χ1v) is 6.47. The van der Waals surface area contributed by atoms with Crippen molar-refractivity contribution in [2.75, 3.05) is 5.32 Å². The van der Waals surface area contributed by atoms with E-state index in [0.29, 0.717) is 5.69 Å². The fraction of sp³-hybridized carbons (Fsp3) is 0.231. The van der Waals surface area contributed by atoms with Crippen molar-refractivity contribution in [2.24, 2.45) is 5.92 Å². The number of nitrogens with zero attached hydrogens (tertiary/aromatic N) is 2. The van der Waals surface area contributed by atoms with Crippen LogP contribution in [0.4, 0.5) is 5.69 Å². The van der Waals surface area contributed by atoms with Gasteiger partial charge in [0.15, 0.2) is 0 Å². The Morgan fingerprint density at radius 2 is 2.22 bits per heavy atom. The van der Waals surface area contributed by atoms with E-state index in [2.05, 4.69) is 26.3 Å². The summed E-state index contributed by atoms with van der Waals surface area (Å²) in [5.41, 5.74) is 1.64. The van der Waals surface area contributed by atoms with E-state index in [1.807, 2.05) is 38.1 Å². The van der Waals surface area contributed by atoms with Crippen LogP contribution < -0.4 is 5.32 Å². The highest BCUT2D eigenvalue weighted by molar-refractivity contribution is 9.10. The van der Waals surface area contributed by atoms with Gasteiger partial charge in [-0.3, -0.25) is 4.79 Å². The van der Waals surface area contributed by atoms with Crippen LogP contribution in [-0.4, -0.2) is 15.7 Å². The Morgan fingerprint density at radius 3 is 2.89 bits per heavy atom. The summed E-state index contributed by atoms with van der Waals surface area (Å²) in [5.74, 6) is -0.0528. The van der Waals surface area contributed by atoms with Gasteiger partial charge in [0, 0.05) is 10.4 Å². The van der Waals surface area contributed by atoms with Crippen LogP contribution in [0.2, 0.25) is 0 Å². The number of anilines is 1. The lowest BCUT2D eigenvalue weighted by Gasteiger charge is -2.04. The Labute approximate surface area is 114 Å². The smallest absolute Gasteiger partial charge is 0.227 e. The van der Waals surface area contributed by atoms with Crippen LogP contribution in [0.15, 0.2) is 41.1 Å². The lowest BCUT2D eigenvalue weighted by atomic mass is 10.2. The second-order valence-corrected chi connectivity index (χ2v) is 5.21. The van der Waals surface area contributed by atoms with Gasteiger partial charge >= 0.3 is 0 Å². The molecule has 0 saturated heterocycles. The highest BCUT2D eigenvalue weighted by atomic mass is 79.9. The minimum atomic E-state index is -0.0424. The molecule has 2 rings (SSSR count). The summed E-state index contributed by atoms with van der Waals surface area (Å²) in [6.07, 6.45) is 3.43. The summed E-state index contributed by atoms with van der Waals surface area (Å²) in [7, 11) is 0. The molecular weight excluding hydrogens is 294 g/mol. The number of halogens is 1. The molecule has 0 aliphatic heterocycles. The van der Waals surface area contributed by atoms with Crippen LogP contribution >= 0.6 is 15.9 Å². The minimum absolute atomic E-state index is 0.0104. The summed E-state index contributed by atoms with van der Waals surface area (Å²) < 4.78 is 2.71. The molecule has 0 bridgehead atoms. The molecule has 1 heterocycles. The second kappa shape index (κ2) is 5.35. The van der Waals surface area contributed by atoms with Gasteiger partial charge in [-0.05, 0) is 18.2 Å². The normalized spacial score (nSPS) is 10.7. The molecular formula is C13H14BrN3O. The van der Waals surface area contributed by atoms with Gasteiger partial charge in [0.05, 0.1) is 23.8 Å². The van der Waals surface area contributed by atoms with E-state index in [0.717, 1.165) is 10.2 Å². The molecule has 0 fully saturated rings. The van der Waals surface area contributed by atoms with Crippen molar-refractivity contribution in [3.63, 3.8) is 0 Å². The number of hydrogen-bond donors (Lipinski definition) is 1. The highest BCUT2D eigenvalue weighted by Gasteiger charge is 2.08. The third-order valence-corrected chi connectivity index (χ3v) is 2.94. The third-order valence-electron chi connectivity index (χ3n) is 2.45. The standard InChI is InChI=1S/C13H14BrN3O/c1-9(2)13(18)16-11-7-15-17(8-11)12-5-3-4-10(14)6-12/h3-9H,1-2H3,(H,16,18).